The maximum atomic E-state index is 10.8. The van der Waals surface area contributed by atoms with Crippen LogP contribution >= 0.6 is 12.4 Å². The smallest absolute Gasteiger partial charge is 0.317 e. The Morgan fingerprint density at radius 1 is 1.38 bits per heavy atom. The van der Waals surface area contributed by atoms with Crippen LogP contribution in [0.2, 0.25) is 0 Å². The van der Waals surface area contributed by atoms with Crippen LogP contribution in [0.25, 0.3) is 0 Å². The molecular formula is C18H29ClN2O3. The van der Waals surface area contributed by atoms with Crippen LogP contribution in [0, 0.1) is 0 Å². The maximum absolute atomic E-state index is 10.8. The number of carboxylic acids is 1. The van der Waals surface area contributed by atoms with Crippen molar-refractivity contribution in [2.45, 2.75) is 32.2 Å². The second-order valence-electron chi connectivity index (χ2n) is 6.23. The fourth-order valence-electron chi connectivity index (χ4n) is 3.07. The molecule has 1 N–H and O–H groups in total. The summed E-state index contributed by atoms with van der Waals surface area (Å²) in [6.07, 6.45) is 3.07. The summed E-state index contributed by atoms with van der Waals surface area (Å²) in [6.45, 7) is 5.90. The SMILES string of the molecule is CCc1cccc(OCCN2CCC(N(C)CC(=O)O)CC2)c1.Cl. The minimum Gasteiger partial charge on any atom is -0.492 e. The molecule has 136 valence electrons. The van der Waals surface area contributed by atoms with Crippen molar-refractivity contribution in [3.63, 3.8) is 0 Å². The molecule has 2 rings (SSSR count). The summed E-state index contributed by atoms with van der Waals surface area (Å²) in [7, 11) is 1.90. The molecule has 5 nitrogen and oxygen atoms in total. The molecule has 1 saturated heterocycles. The van der Waals surface area contributed by atoms with Crippen LogP contribution in [0.4, 0.5) is 0 Å². The highest BCUT2D eigenvalue weighted by Crippen LogP contribution is 2.16. The van der Waals surface area contributed by atoms with Crippen LogP contribution in [0.3, 0.4) is 0 Å². The molecule has 0 atom stereocenters. The molecule has 1 aliphatic rings. The summed E-state index contributed by atoms with van der Waals surface area (Å²) >= 11 is 0. The molecule has 1 aliphatic heterocycles. The Labute approximate surface area is 151 Å². The van der Waals surface area contributed by atoms with E-state index in [-0.39, 0.29) is 19.0 Å². The second kappa shape index (κ2) is 10.5. The van der Waals surface area contributed by atoms with Crippen LogP contribution in [0.5, 0.6) is 5.75 Å². The van der Waals surface area contributed by atoms with Gasteiger partial charge in [0.25, 0.3) is 0 Å². The number of rotatable bonds is 8. The Hall–Kier alpha value is -1.30. The summed E-state index contributed by atoms with van der Waals surface area (Å²) in [5.74, 6) is 0.193. The Morgan fingerprint density at radius 2 is 2.08 bits per heavy atom. The average Bonchev–Trinajstić information content (AvgIpc) is 2.55. The highest BCUT2D eigenvalue weighted by atomic mass is 35.5. The number of likely N-dealkylation sites (tertiary alicyclic amines) is 1. The van der Waals surface area contributed by atoms with E-state index in [0.29, 0.717) is 12.6 Å². The van der Waals surface area contributed by atoms with Gasteiger partial charge in [-0.1, -0.05) is 19.1 Å². The van der Waals surface area contributed by atoms with Crippen molar-refractivity contribution >= 4 is 18.4 Å². The van der Waals surface area contributed by atoms with E-state index in [1.54, 1.807) is 0 Å². The van der Waals surface area contributed by atoms with Gasteiger partial charge in [-0.3, -0.25) is 14.6 Å². The number of halogens is 1. The first-order valence-corrected chi connectivity index (χ1v) is 8.44. The number of aliphatic carboxylic acids is 1. The van der Waals surface area contributed by atoms with Crippen molar-refractivity contribution in [1.29, 1.82) is 0 Å². The Kier molecular flexibility index (Phi) is 9.11. The second-order valence-corrected chi connectivity index (χ2v) is 6.23. The molecule has 1 aromatic carbocycles. The first kappa shape index (κ1) is 20.7. The summed E-state index contributed by atoms with van der Waals surface area (Å²) in [6, 6.07) is 8.65. The summed E-state index contributed by atoms with van der Waals surface area (Å²) in [4.78, 5) is 15.1. The van der Waals surface area contributed by atoms with E-state index in [0.717, 1.165) is 44.6 Å². The van der Waals surface area contributed by atoms with Crippen molar-refractivity contribution in [2.75, 3.05) is 39.8 Å². The standard InChI is InChI=1S/C18H28N2O3.ClH/c1-3-15-5-4-6-17(13-15)23-12-11-20-9-7-16(8-10-20)19(2)14-18(21)22;/h4-6,13,16H,3,7-12,14H2,1-2H3,(H,21,22);1H. The topological polar surface area (TPSA) is 53.0 Å². The lowest BCUT2D eigenvalue weighted by Crippen LogP contribution is -2.45. The number of likely N-dealkylation sites (N-methyl/N-ethyl adjacent to an activating group) is 1. The van der Waals surface area contributed by atoms with Gasteiger partial charge in [0.05, 0.1) is 6.54 Å². The molecule has 1 fully saturated rings. The lowest BCUT2D eigenvalue weighted by atomic mass is 10.0. The minimum absolute atomic E-state index is 0. The van der Waals surface area contributed by atoms with Gasteiger partial charge in [-0.15, -0.1) is 12.4 Å². The molecule has 0 amide bonds. The Morgan fingerprint density at radius 3 is 2.71 bits per heavy atom. The fourth-order valence-corrected chi connectivity index (χ4v) is 3.07. The quantitative estimate of drug-likeness (QED) is 0.775. The third-order valence-electron chi connectivity index (χ3n) is 4.55. The number of aryl methyl sites for hydroxylation is 1. The Balaban J connectivity index is 0.00000288. The first-order valence-electron chi connectivity index (χ1n) is 8.44. The molecule has 0 saturated carbocycles. The summed E-state index contributed by atoms with van der Waals surface area (Å²) in [5.41, 5.74) is 1.30. The first-order chi connectivity index (χ1) is 11.1. The Bertz CT molecular complexity index is 505. The molecule has 0 aliphatic carbocycles. The van der Waals surface area contributed by atoms with E-state index in [1.807, 2.05) is 24.1 Å². The molecule has 0 unspecified atom stereocenters. The number of hydrogen-bond acceptors (Lipinski definition) is 4. The van der Waals surface area contributed by atoms with Crippen molar-refractivity contribution in [3.8, 4) is 5.75 Å². The molecule has 1 heterocycles. The average molecular weight is 357 g/mol. The van der Waals surface area contributed by atoms with Crippen LogP contribution < -0.4 is 4.74 Å². The maximum Gasteiger partial charge on any atom is 0.317 e. The predicted molar refractivity (Wildman–Crippen MR) is 98.3 cm³/mol. The normalized spacial score (nSPS) is 16.0. The van der Waals surface area contributed by atoms with Gasteiger partial charge < -0.3 is 9.84 Å². The van der Waals surface area contributed by atoms with Crippen LogP contribution in [-0.2, 0) is 11.2 Å². The minimum atomic E-state index is -0.752. The zero-order valence-electron chi connectivity index (χ0n) is 14.6. The molecule has 0 spiro atoms. The van der Waals surface area contributed by atoms with Gasteiger partial charge in [-0.25, -0.2) is 0 Å². The van der Waals surface area contributed by atoms with Gasteiger partial charge in [-0.05, 0) is 57.1 Å². The van der Waals surface area contributed by atoms with Gasteiger partial charge in [0.15, 0.2) is 0 Å². The monoisotopic (exact) mass is 356 g/mol. The van der Waals surface area contributed by atoms with Gasteiger partial charge in [0, 0.05) is 12.6 Å². The molecule has 0 radical (unpaired) electrons. The van der Waals surface area contributed by atoms with Crippen molar-refractivity contribution in [1.82, 2.24) is 9.80 Å². The van der Waals surface area contributed by atoms with Gasteiger partial charge in [-0.2, -0.15) is 0 Å². The van der Waals surface area contributed by atoms with Crippen molar-refractivity contribution < 1.29 is 14.6 Å². The number of nitrogens with zero attached hydrogens (tertiary/aromatic N) is 2. The van der Waals surface area contributed by atoms with Crippen molar-refractivity contribution in [2.24, 2.45) is 0 Å². The zero-order valence-corrected chi connectivity index (χ0v) is 15.4. The lowest BCUT2D eigenvalue weighted by molar-refractivity contribution is -0.138. The highest BCUT2D eigenvalue weighted by Gasteiger charge is 2.23. The van der Waals surface area contributed by atoms with Gasteiger partial charge in [0.1, 0.15) is 12.4 Å². The lowest BCUT2D eigenvalue weighted by Gasteiger charge is -2.36. The molecule has 1 aromatic rings. The number of carbonyl (C=O) groups is 1. The molecule has 0 aromatic heterocycles. The van der Waals surface area contributed by atoms with Gasteiger partial charge >= 0.3 is 5.97 Å². The summed E-state index contributed by atoms with van der Waals surface area (Å²) < 4.78 is 5.85. The largest absolute Gasteiger partial charge is 0.492 e. The third kappa shape index (κ3) is 6.67. The third-order valence-corrected chi connectivity index (χ3v) is 4.55. The molecule has 24 heavy (non-hydrogen) atoms. The van der Waals surface area contributed by atoms with E-state index >= 15 is 0 Å². The van der Waals surface area contributed by atoms with E-state index < -0.39 is 5.97 Å². The van der Waals surface area contributed by atoms with Crippen molar-refractivity contribution in [3.05, 3.63) is 29.8 Å². The van der Waals surface area contributed by atoms with E-state index in [4.69, 9.17) is 9.84 Å². The fraction of sp³-hybridized carbons (Fsp3) is 0.611. The number of benzene rings is 1. The highest BCUT2D eigenvalue weighted by molar-refractivity contribution is 5.85. The molecule has 0 bridgehead atoms. The van der Waals surface area contributed by atoms with Crippen LogP contribution in [0.1, 0.15) is 25.3 Å². The number of carboxylic acid groups (broad SMARTS) is 1. The molecule has 6 heteroatoms. The van der Waals surface area contributed by atoms with Crippen LogP contribution in [0.15, 0.2) is 24.3 Å². The predicted octanol–water partition coefficient (Wildman–Crippen LogP) is 2.53. The number of hydrogen-bond donors (Lipinski definition) is 1. The molecular weight excluding hydrogens is 328 g/mol. The van der Waals surface area contributed by atoms with E-state index in [1.165, 1.54) is 5.56 Å². The summed E-state index contributed by atoms with van der Waals surface area (Å²) in [5, 5.41) is 8.86. The van der Waals surface area contributed by atoms with E-state index in [2.05, 4.69) is 24.0 Å². The zero-order chi connectivity index (χ0) is 16.7. The number of ether oxygens (including phenoxy) is 1. The number of piperidine rings is 1. The van der Waals surface area contributed by atoms with E-state index in [9.17, 15) is 4.79 Å². The van der Waals surface area contributed by atoms with Gasteiger partial charge in [0.2, 0.25) is 0 Å². The van der Waals surface area contributed by atoms with Crippen LogP contribution in [-0.4, -0.2) is 66.8 Å².